The zero-order chi connectivity index (χ0) is 24.0. The number of phenolic OH excluding ortho intramolecular Hbond substituents is 1. The molecule has 0 bridgehead atoms. The van der Waals surface area contributed by atoms with Gasteiger partial charge in [-0.05, 0) is 47.9 Å². The Kier molecular flexibility index (Phi) is 8.12. The SMILES string of the molecule is CCN(CC)S(=O)(=O)c1ccc(OC)c(NC(=O)CN2CC=C(c3ccc(O)cc3)CC2)c1. The molecule has 3 rings (SSSR count). The molecule has 178 valence electrons. The minimum atomic E-state index is -3.65. The summed E-state index contributed by atoms with van der Waals surface area (Å²) in [5, 5.41) is 12.3. The fourth-order valence-corrected chi connectivity index (χ4v) is 5.33. The molecule has 0 fully saturated rings. The Balaban J connectivity index is 1.68. The third-order valence-electron chi connectivity index (χ3n) is 5.69. The van der Waals surface area contributed by atoms with Crippen LogP contribution in [0, 0.1) is 0 Å². The predicted molar refractivity (Wildman–Crippen MR) is 129 cm³/mol. The van der Waals surface area contributed by atoms with Crippen LogP contribution >= 0.6 is 0 Å². The molecule has 2 aromatic carbocycles. The van der Waals surface area contributed by atoms with Gasteiger partial charge < -0.3 is 15.2 Å². The topological polar surface area (TPSA) is 99.2 Å². The molecule has 0 aliphatic carbocycles. The van der Waals surface area contributed by atoms with Gasteiger partial charge in [0.2, 0.25) is 15.9 Å². The number of hydrogen-bond acceptors (Lipinski definition) is 6. The Bertz CT molecular complexity index is 1110. The van der Waals surface area contributed by atoms with E-state index in [1.54, 1.807) is 32.0 Å². The van der Waals surface area contributed by atoms with Crippen molar-refractivity contribution in [1.82, 2.24) is 9.21 Å². The van der Waals surface area contributed by atoms with E-state index in [-0.39, 0.29) is 23.1 Å². The summed E-state index contributed by atoms with van der Waals surface area (Å²) in [6.45, 7) is 5.81. The molecular weight excluding hydrogens is 442 g/mol. The smallest absolute Gasteiger partial charge is 0.243 e. The molecule has 0 radical (unpaired) electrons. The fourth-order valence-electron chi connectivity index (χ4n) is 3.84. The van der Waals surface area contributed by atoms with Gasteiger partial charge in [-0.3, -0.25) is 9.69 Å². The normalized spacial score (nSPS) is 14.7. The van der Waals surface area contributed by atoms with E-state index in [9.17, 15) is 18.3 Å². The number of nitrogens with zero attached hydrogens (tertiary/aromatic N) is 2. The van der Waals surface area contributed by atoms with Crippen molar-refractivity contribution in [2.24, 2.45) is 0 Å². The number of nitrogens with one attached hydrogen (secondary N) is 1. The lowest BCUT2D eigenvalue weighted by atomic mass is 9.99. The fraction of sp³-hybridized carbons (Fsp3) is 0.375. The minimum Gasteiger partial charge on any atom is -0.508 e. The van der Waals surface area contributed by atoms with Crippen LogP contribution in [0.2, 0.25) is 0 Å². The average Bonchev–Trinajstić information content (AvgIpc) is 2.80. The third-order valence-corrected chi connectivity index (χ3v) is 7.73. The molecule has 1 aliphatic rings. The van der Waals surface area contributed by atoms with Gasteiger partial charge in [0.25, 0.3) is 0 Å². The van der Waals surface area contributed by atoms with Gasteiger partial charge in [0.05, 0.1) is 24.2 Å². The number of carbonyl (C=O) groups excluding carboxylic acids is 1. The maximum Gasteiger partial charge on any atom is 0.243 e. The molecule has 2 aromatic rings. The zero-order valence-corrected chi connectivity index (χ0v) is 20.1. The van der Waals surface area contributed by atoms with Crippen molar-refractivity contribution < 1.29 is 23.1 Å². The van der Waals surface area contributed by atoms with E-state index in [0.29, 0.717) is 37.6 Å². The number of hydrogen-bond donors (Lipinski definition) is 2. The highest BCUT2D eigenvalue weighted by molar-refractivity contribution is 7.89. The molecule has 1 aliphatic heterocycles. The van der Waals surface area contributed by atoms with Crippen LogP contribution in [0.1, 0.15) is 25.8 Å². The molecule has 8 nitrogen and oxygen atoms in total. The summed E-state index contributed by atoms with van der Waals surface area (Å²) in [6.07, 6.45) is 2.87. The van der Waals surface area contributed by atoms with Crippen LogP contribution in [0.3, 0.4) is 0 Å². The number of anilines is 1. The Morgan fingerprint density at radius 2 is 1.85 bits per heavy atom. The first-order valence-electron chi connectivity index (χ1n) is 11.0. The lowest BCUT2D eigenvalue weighted by molar-refractivity contribution is -0.117. The highest BCUT2D eigenvalue weighted by Gasteiger charge is 2.24. The van der Waals surface area contributed by atoms with Crippen molar-refractivity contribution in [3.63, 3.8) is 0 Å². The standard InChI is InChI=1S/C24H31N3O5S/c1-4-27(5-2)33(30,31)21-10-11-23(32-3)22(16-21)25-24(29)17-26-14-12-19(13-15-26)18-6-8-20(28)9-7-18/h6-12,16,28H,4-5,13-15,17H2,1-3H3,(H,25,29). The van der Waals surface area contributed by atoms with Gasteiger partial charge >= 0.3 is 0 Å². The number of amides is 1. The Morgan fingerprint density at radius 1 is 1.15 bits per heavy atom. The second kappa shape index (κ2) is 10.8. The first-order valence-corrected chi connectivity index (χ1v) is 12.4. The summed E-state index contributed by atoms with van der Waals surface area (Å²) in [7, 11) is -2.18. The number of ether oxygens (including phenoxy) is 1. The van der Waals surface area contributed by atoms with Gasteiger partial charge in [0.15, 0.2) is 0 Å². The molecule has 1 amide bonds. The van der Waals surface area contributed by atoms with Crippen molar-refractivity contribution in [2.45, 2.75) is 25.2 Å². The second-order valence-corrected chi connectivity index (χ2v) is 9.70. The van der Waals surface area contributed by atoms with Gasteiger partial charge in [-0.25, -0.2) is 8.42 Å². The van der Waals surface area contributed by atoms with Crippen molar-refractivity contribution in [3.8, 4) is 11.5 Å². The summed E-state index contributed by atoms with van der Waals surface area (Å²) in [4.78, 5) is 14.9. The van der Waals surface area contributed by atoms with E-state index in [1.165, 1.54) is 29.1 Å². The lowest BCUT2D eigenvalue weighted by Crippen LogP contribution is -2.36. The van der Waals surface area contributed by atoms with Crippen molar-refractivity contribution >= 4 is 27.2 Å². The van der Waals surface area contributed by atoms with Crippen molar-refractivity contribution in [3.05, 3.63) is 54.1 Å². The van der Waals surface area contributed by atoms with Gasteiger partial charge in [0, 0.05) is 26.2 Å². The molecule has 0 saturated carbocycles. The number of phenols is 1. The molecule has 0 atom stereocenters. The van der Waals surface area contributed by atoms with E-state index in [0.717, 1.165) is 12.0 Å². The third kappa shape index (κ3) is 5.93. The number of benzene rings is 2. The largest absolute Gasteiger partial charge is 0.508 e. The predicted octanol–water partition coefficient (Wildman–Crippen LogP) is 3.16. The molecule has 9 heteroatoms. The maximum atomic E-state index is 12.9. The molecule has 0 aromatic heterocycles. The van der Waals surface area contributed by atoms with E-state index in [1.807, 2.05) is 17.0 Å². The summed E-state index contributed by atoms with van der Waals surface area (Å²) in [5.41, 5.74) is 2.57. The van der Waals surface area contributed by atoms with Gasteiger partial charge in [-0.1, -0.05) is 32.1 Å². The zero-order valence-electron chi connectivity index (χ0n) is 19.2. The van der Waals surface area contributed by atoms with Gasteiger partial charge in [0.1, 0.15) is 11.5 Å². The number of sulfonamides is 1. The Morgan fingerprint density at radius 3 is 2.42 bits per heavy atom. The molecule has 2 N–H and O–H groups in total. The Hall–Kier alpha value is -2.88. The van der Waals surface area contributed by atoms with Crippen LogP contribution in [0.4, 0.5) is 5.69 Å². The molecular formula is C24H31N3O5S. The van der Waals surface area contributed by atoms with E-state index in [2.05, 4.69) is 11.4 Å². The van der Waals surface area contributed by atoms with Crippen LogP contribution in [0.15, 0.2) is 53.4 Å². The highest BCUT2D eigenvalue weighted by atomic mass is 32.2. The maximum absolute atomic E-state index is 12.9. The van der Waals surface area contributed by atoms with Crippen LogP contribution in [-0.4, -0.2) is 68.5 Å². The average molecular weight is 474 g/mol. The van der Waals surface area contributed by atoms with E-state index in [4.69, 9.17) is 4.74 Å². The Labute approximate surface area is 195 Å². The molecule has 33 heavy (non-hydrogen) atoms. The van der Waals surface area contributed by atoms with Crippen LogP contribution in [-0.2, 0) is 14.8 Å². The molecule has 0 unspecified atom stereocenters. The van der Waals surface area contributed by atoms with E-state index >= 15 is 0 Å². The first kappa shape index (κ1) is 24.8. The van der Waals surface area contributed by atoms with Crippen LogP contribution in [0.5, 0.6) is 11.5 Å². The minimum absolute atomic E-state index is 0.113. The lowest BCUT2D eigenvalue weighted by Gasteiger charge is -2.26. The second-order valence-electron chi connectivity index (χ2n) is 7.76. The molecule has 0 saturated heterocycles. The van der Waals surface area contributed by atoms with Crippen molar-refractivity contribution in [2.75, 3.05) is 45.2 Å². The van der Waals surface area contributed by atoms with Crippen molar-refractivity contribution in [1.29, 1.82) is 0 Å². The van der Waals surface area contributed by atoms with Gasteiger partial charge in [-0.2, -0.15) is 4.31 Å². The van der Waals surface area contributed by atoms with Gasteiger partial charge in [-0.15, -0.1) is 0 Å². The summed E-state index contributed by atoms with van der Waals surface area (Å²) in [5.74, 6) is 0.389. The van der Waals surface area contributed by atoms with E-state index < -0.39 is 10.0 Å². The highest BCUT2D eigenvalue weighted by Crippen LogP contribution is 2.29. The molecule has 1 heterocycles. The first-order chi connectivity index (χ1) is 15.8. The summed E-state index contributed by atoms with van der Waals surface area (Å²) in [6, 6.07) is 11.6. The molecule has 0 spiro atoms. The van der Waals surface area contributed by atoms with Crippen LogP contribution < -0.4 is 10.1 Å². The number of aromatic hydroxyl groups is 1. The quantitative estimate of drug-likeness (QED) is 0.581. The monoisotopic (exact) mass is 473 g/mol. The number of carbonyl (C=O) groups is 1. The van der Waals surface area contributed by atoms with Crippen LogP contribution in [0.25, 0.3) is 5.57 Å². The number of rotatable bonds is 9. The summed E-state index contributed by atoms with van der Waals surface area (Å²) < 4.78 is 32.4. The summed E-state index contributed by atoms with van der Waals surface area (Å²) >= 11 is 0. The number of methoxy groups -OCH3 is 1.